The highest BCUT2D eigenvalue weighted by molar-refractivity contribution is 6.07. The van der Waals surface area contributed by atoms with Crippen LogP contribution in [0.4, 0.5) is 10.1 Å². The van der Waals surface area contributed by atoms with Crippen LogP contribution in [0.1, 0.15) is 16.1 Å². The van der Waals surface area contributed by atoms with Crippen LogP contribution in [0.5, 0.6) is 5.75 Å². The van der Waals surface area contributed by atoms with Crippen molar-refractivity contribution in [3.8, 4) is 17.1 Å². The van der Waals surface area contributed by atoms with Crippen LogP contribution in [0.2, 0.25) is 0 Å². The standard InChI is InChI=1S/C18H15FN2O3/c1-11-3-8-15(23-2)14(9-11)21-18(22)16-17(24-10-20-16)12-4-6-13(19)7-5-12/h3-10H,1-2H3,(H,21,22). The summed E-state index contributed by atoms with van der Waals surface area (Å²) in [5.74, 6) is 0.0145. The molecule has 0 atom stereocenters. The number of amides is 1. The van der Waals surface area contributed by atoms with E-state index in [0.717, 1.165) is 5.56 Å². The molecule has 24 heavy (non-hydrogen) atoms. The molecule has 0 aliphatic rings. The molecule has 5 nitrogen and oxygen atoms in total. The molecule has 0 radical (unpaired) electrons. The van der Waals surface area contributed by atoms with E-state index in [9.17, 15) is 9.18 Å². The first kappa shape index (κ1) is 15.7. The van der Waals surface area contributed by atoms with Gasteiger partial charge in [-0.2, -0.15) is 0 Å². The molecule has 0 saturated heterocycles. The minimum absolute atomic E-state index is 0.116. The van der Waals surface area contributed by atoms with Crippen LogP contribution in [0.3, 0.4) is 0 Å². The zero-order chi connectivity index (χ0) is 17.1. The number of nitrogens with zero attached hydrogens (tertiary/aromatic N) is 1. The SMILES string of the molecule is COc1ccc(C)cc1NC(=O)c1ncoc1-c1ccc(F)cc1. The molecule has 6 heteroatoms. The number of hydrogen-bond donors (Lipinski definition) is 1. The number of carbonyl (C=O) groups is 1. The summed E-state index contributed by atoms with van der Waals surface area (Å²) in [4.78, 5) is 16.5. The molecule has 1 amide bonds. The second kappa shape index (κ2) is 6.54. The third-order valence-electron chi connectivity index (χ3n) is 3.49. The van der Waals surface area contributed by atoms with Crippen LogP contribution in [-0.4, -0.2) is 18.0 Å². The van der Waals surface area contributed by atoms with Crippen molar-refractivity contribution in [2.75, 3.05) is 12.4 Å². The summed E-state index contributed by atoms with van der Waals surface area (Å²) in [7, 11) is 1.53. The molecule has 0 saturated carbocycles. The Morgan fingerprint density at radius 3 is 2.67 bits per heavy atom. The predicted octanol–water partition coefficient (Wildman–Crippen LogP) is 4.05. The largest absolute Gasteiger partial charge is 0.495 e. The van der Waals surface area contributed by atoms with Crippen LogP contribution in [0.15, 0.2) is 53.3 Å². The number of aromatic nitrogens is 1. The normalized spacial score (nSPS) is 10.5. The Bertz CT molecular complexity index is 872. The third-order valence-corrected chi connectivity index (χ3v) is 3.49. The van der Waals surface area contributed by atoms with E-state index < -0.39 is 5.91 Å². The molecule has 2 aromatic carbocycles. The summed E-state index contributed by atoms with van der Waals surface area (Å²) >= 11 is 0. The van der Waals surface area contributed by atoms with Gasteiger partial charge in [0, 0.05) is 5.56 Å². The van der Waals surface area contributed by atoms with Gasteiger partial charge in [0.05, 0.1) is 12.8 Å². The second-order valence-electron chi connectivity index (χ2n) is 5.19. The van der Waals surface area contributed by atoms with Crippen molar-refractivity contribution in [1.29, 1.82) is 0 Å². The highest BCUT2D eigenvalue weighted by atomic mass is 19.1. The number of anilines is 1. The number of aryl methyl sites for hydroxylation is 1. The van der Waals surface area contributed by atoms with Crippen molar-refractivity contribution in [2.24, 2.45) is 0 Å². The highest BCUT2D eigenvalue weighted by Gasteiger charge is 2.19. The van der Waals surface area contributed by atoms with Crippen LogP contribution in [-0.2, 0) is 0 Å². The van der Waals surface area contributed by atoms with E-state index in [1.807, 2.05) is 13.0 Å². The van der Waals surface area contributed by atoms with E-state index in [4.69, 9.17) is 9.15 Å². The zero-order valence-corrected chi connectivity index (χ0v) is 13.2. The van der Waals surface area contributed by atoms with Crippen LogP contribution >= 0.6 is 0 Å². The molecule has 3 aromatic rings. The van der Waals surface area contributed by atoms with Crippen LogP contribution < -0.4 is 10.1 Å². The van der Waals surface area contributed by atoms with Gasteiger partial charge in [0.15, 0.2) is 17.8 Å². The number of methoxy groups -OCH3 is 1. The Morgan fingerprint density at radius 1 is 1.21 bits per heavy atom. The molecule has 1 aromatic heterocycles. The highest BCUT2D eigenvalue weighted by Crippen LogP contribution is 2.28. The third kappa shape index (κ3) is 3.12. The molecule has 1 N–H and O–H groups in total. The fourth-order valence-electron chi connectivity index (χ4n) is 2.31. The topological polar surface area (TPSA) is 64.4 Å². The maximum absolute atomic E-state index is 13.1. The lowest BCUT2D eigenvalue weighted by atomic mass is 10.1. The maximum atomic E-state index is 13.1. The maximum Gasteiger partial charge on any atom is 0.278 e. The van der Waals surface area contributed by atoms with E-state index >= 15 is 0 Å². The first-order valence-corrected chi connectivity index (χ1v) is 7.24. The van der Waals surface area contributed by atoms with Gasteiger partial charge in [0.25, 0.3) is 5.91 Å². The van der Waals surface area contributed by atoms with Crippen molar-refractivity contribution in [2.45, 2.75) is 6.92 Å². The van der Waals surface area contributed by atoms with Gasteiger partial charge in [-0.15, -0.1) is 0 Å². The molecule has 1 heterocycles. The Labute approximate surface area is 138 Å². The Balaban J connectivity index is 1.91. The molecule has 0 spiro atoms. The number of benzene rings is 2. The number of rotatable bonds is 4. The molecule has 0 fully saturated rings. The van der Waals surface area contributed by atoms with E-state index in [-0.39, 0.29) is 17.3 Å². The van der Waals surface area contributed by atoms with Crippen LogP contribution in [0.25, 0.3) is 11.3 Å². The molecule has 122 valence electrons. The monoisotopic (exact) mass is 326 g/mol. The first-order valence-electron chi connectivity index (χ1n) is 7.24. The van der Waals surface area contributed by atoms with Gasteiger partial charge in [-0.05, 0) is 48.9 Å². The average Bonchev–Trinajstić information content (AvgIpc) is 3.05. The Morgan fingerprint density at radius 2 is 1.96 bits per heavy atom. The van der Waals surface area contributed by atoms with Crippen LogP contribution in [0, 0.1) is 12.7 Å². The Kier molecular flexibility index (Phi) is 4.29. The lowest BCUT2D eigenvalue weighted by Crippen LogP contribution is -2.14. The molecular weight excluding hydrogens is 311 g/mol. The molecule has 0 aliphatic heterocycles. The fourth-order valence-corrected chi connectivity index (χ4v) is 2.31. The minimum Gasteiger partial charge on any atom is -0.495 e. The van der Waals surface area contributed by atoms with Crippen molar-refractivity contribution < 1.29 is 18.3 Å². The summed E-state index contributed by atoms with van der Waals surface area (Å²) in [6.45, 7) is 1.91. The number of carbonyl (C=O) groups excluding carboxylic acids is 1. The molecule has 3 rings (SSSR count). The van der Waals surface area contributed by atoms with E-state index in [1.54, 1.807) is 12.1 Å². The van der Waals surface area contributed by atoms with Gasteiger partial charge in [0.1, 0.15) is 11.6 Å². The first-order chi connectivity index (χ1) is 11.6. The van der Waals surface area contributed by atoms with Gasteiger partial charge in [-0.1, -0.05) is 6.07 Å². The summed E-state index contributed by atoms with van der Waals surface area (Å²) in [5.41, 5.74) is 2.20. The lowest BCUT2D eigenvalue weighted by molar-refractivity contribution is 0.102. The van der Waals surface area contributed by atoms with E-state index in [0.29, 0.717) is 17.0 Å². The lowest BCUT2D eigenvalue weighted by Gasteiger charge is -2.10. The quantitative estimate of drug-likeness (QED) is 0.785. The second-order valence-corrected chi connectivity index (χ2v) is 5.19. The smallest absolute Gasteiger partial charge is 0.278 e. The molecule has 0 aliphatic carbocycles. The van der Waals surface area contributed by atoms with Gasteiger partial charge in [0.2, 0.25) is 0 Å². The number of halogens is 1. The van der Waals surface area contributed by atoms with Crippen molar-refractivity contribution in [1.82, 2.24) is 4.98 Å². The zero-order valence-electron chi connectivity index (χ0n) is 13.2. The fraction of sp³-hybridized carbons (Fsp3) is 0.111. The Hall–Kier alpha value is -3.15. The van der Waals surface area contributed by atoms with Gasteiger partial charge in [-0.3, -0.25) is 4.79 Å². The predicted molar refractivity (Wildman–Crippen MR) is 87.6 cm³/mol. The average molecular weight is 326 g/mol. The van der Waals surface area contributed by atoms with Crippen molar-refractivity contribution in [3.63, 3.8) is 0 Å². The van der Waals surface area contributed by atoms with Gasteiger partial charge < -0.3 is 14.5 Å². The number of oxazole rings is 1. The van der Waals surface area contributed by atoms with Gasteiger partial charge in [-0.25, -0.2) is 9.37 Å². The van der Waals surface area contributed by atoms with E-state index in [2.05, 4.69) is 10.3 Å². The summed E-state index contributed by atoms with van der Waals surface area (Å²) in [6.07, 6.45) is 1.18. The van der Waals surface area contributed by atoms with Gasteiger partial charge >= 0.3 is 0 Å². The van der Waals surface area contributed by atoms with Crippen molar-refractivity contribution in [3.05, 3.63) is 65.9 Å². The summed E-state index contributed by atoms with van der Waals surface area (Å²) in [5, 5.41) is 2.77. The number of nitrogens with one attached hydrogen (secondary N) is 1. The number of ether oxygens (including phenoxy) is 1. The molecular formula is C18H15FN2O3. The minimum atomic E-state index is -0.438. The number of hydrogen-bond acceptors (Lipinski definition) is 4. The van der Waals surface area contributed by atoms with Crippen molar-refractivity contribution >= 4 is 11.6 Å². The molecule has 0 bridgehead atoms. The van der Waals surface area contributed by atoms with E-state index in [1.165, 1.54) is 37.8 Å². The summed E-state index contributed by atoms with van der Waals surface area (Å²) in [6, 6.07) is 11.1. The molecule has 0 unspecified atom stereocenters. The summed E-state index contributed by atoms with van der Waals surface area (Å²) < 4.78 is 23.6.